The molecule has 106 valence electrons. The van der Waals surface area contributed by atoms with Crippen LogP contribution in [0.4, 0.5) is 4.39 Å². The van der Waals surface area contributed by atoms with Gasteiger partial charge in [0, 0.05) is 6.42 Å². The summed E-state index contributed by atoms with van der Waals surface area (Å²) in [5.74, 6) is -0.283. The van der Waals surface area contributed by atoms with E-state index >= 15 is 0 Å². The Morgan fingerprint density at radius 2 is 2.20 bits per heavy atom. The fraction of sp³-hybridized carbons (Fsp3) is 0.308. The van der Waals surface area contributed by atoms with Crippen molar-refractivity contribution in [3.8, 4) is 5.75 Å². The number of hydrogen-bond donors (Lipinski definition) is 1. The highest BCUT2D eigenvalue weighted by Gasteiger charge is 2.13. The van der Waals surface area contributed by atoms with E-state index in [4.69, 9.17) is 9.47 Å². The van der Waals surface area contributed by atoms with Crippen LogP contribution in [0.25, 0.3) is 0 Å². The molecule has 0 amide bonds. The van der Waals surface area contributed by atoms with Crippen molar-refractivity contribution in [2.24, 2.45) is 0 Å². The van der Waals surface area contributed by atoms with Gasteiger partial charge in [0.1, 0.15) is 5.82 Å². The summed E-state index contributed by atoms with van der Waals surface area (Å²) in [7, 11) is 1.40. The van der Waals surface area contributed by atoms with E-state index in [1.54, 1.807) is 19.1 Å². The average molecular weight is 279 g/mol. The van der Waals surface area contributed by atoms with Crippen molar-refractivity contribution < 1.29 is 18.7 Å². The predicted molar refractivity (Wildman–Crippen MR) is 68.1 cm³/mol. The molecule has 0 aliphatic rings. The summed E-state index contributed by atoms with van der Waals surface area (Å²) < 4.78 is 23.0. The Kier molecular flexibility index (Phi) is 4.29. The van der Waals surface area contributed by atoms with E-state index in [0.717, 1.165) is 5.56 Å². The van der Waals surface area contributed by atoms with E-state index < -0.39 is 11.8 Å². The predicted octanol–water partition coefficient (Wildman–Crippen LogP) is 1.72. The van der Waals surface area contributed by atoms with Crippen molar-refractivity contribution in [3.63, 3.8) is 0 Å². The summed E-state index contributed by atoms with van der Waals surface area (Å²) in [5.41, 5.74) is 0.787. The average Bonchev–Trinajstić information content (AvgIpc) is 2.90. The van der Waals surface area contributed by atoms with Crippen LogP contribution in [0, 0.1) is 5.82 Å². The maximum Gasteiger partial charge on any atom is 0.376 e. The zero-order chi connectivity index (χ0) is 14.5. The lowest BCUT2D eigenvalue weighted by Crippen LogP contribution is -2.06. The number of methoxy groups -OCH3 is 1. The van der Waals surface area contributed by atoms with E-state index in [2.05, 4.69) is 15.2 Å². The van der Waals surface area contributed by atoms with Crippen molar-refractivity contribution >= 4 is 5.97 Å². The van der Waals surface area contributed by atoms with E-state index in [9.17, 15) is 9.18 Å². The molecule has 2 aromatic rings. The Bertz CT molecular complexity index is 613. The number of ether oxygens (including phenoxy) is 2. The Morgan fingerprint density at radius 1 is 1.40 bits per heavy atom. The molecule has 1 N–H and O–H groups in total. The molecule has 2 rings (SSSR count). The lowest BCUT2D eigenvalue weighted by molar-refractivity contribution is 0.0512. The third kappa shape index (κ3) is 3.11. The number of aromatic nitrogens is 3. The second-order valence-corrected chi connectivity index (χ2v) is 3.99. The van der Waals surface area contributed by atoms with Crippen LogP contribution in [0.1, 0.15) is 28.9 Å². The second kappa shape index (κ2) is 6.14. The molecule has 0 aliphatic carbocycles. The SMILES string of the molecule is CCOC(=O)c1nnc(Cc2ccc(F)c(OC)c2)[nH]1. The number of hydrogen-bond acceptors (Lipinski definition) is 5. The van der Waals surface area contributed by atoms with Crippen molar-refractivity contribution in [2.45, 2.75) is 13.3 Å². The molecule has 1 aromatic heterocycles. The lowest BCUT2D eigenvalue weighted by Gasteiger charge is -2.04. The van der Waals surface area contributed by atoms with Crippen LogP contribution in [0.3, 0.4) is 0 Å². The Morgan fingerprint density at radius 3 is 2.90 bits per heavy atom. The zero-order valence-corrected chi connectivity index (χ0v) is 11.1. The van der Waals surface area contributed by atoms with Gasteiger partial charge in [0.05, 0.1) is 13.7 Å². The molecule has 6 nitrogen and oxygen atoms in total. The van der Waals surface area contributed by atoms with E-state index in [-0.39, 0.29) is 18.2 Å². The third-order valence-electron chi connectivity index (χ3n) is 2.59. The number of H-pyrrole nitrogens is 1. The Balaban J connectivity index is 2.12. The molecule has 0 aliphatic heterocycles. The first-order valence-corrected chi connectivity index (χ1v) is 6.05. The highest BCUT2D eigenvalue weighted by molar-refractivity contribution is 5.84. The minimum Gasteiger partial charge on any atom is -0.494 e. The standard InChI is InChI=1S/C13H14FN3O3/c1-3-20-13(18)12-15-11(16-17-12)7-8-4-5-9(14)10(6-8)19-2/h4-6H,3,7H2,1-2H3,(H,15,16,17). The molecule has 0 saturated heterocycles. The molecule has 7 heteroatoms. The van der Waals surface area contributed by atoms with Gasteiger partial charge < -0.3 is 14.5 Å². The quantitative estimate of drug-likeness (QED) is 0.843. The molecule has 0 bridgehead atoms. The monoisotopic (exact) mass is 279 g/mol. The van der Waals surface area contributed by atoms with Crippen molar-refractivity contribution in [1.29, 1.82) is 0 Å². The number of esters is 1. The van der Waals surface area contributed by atoms with Crippen LogP contribution in [-0.2, 0) is 11.2 Å². The van der Waals surface area contributed by atoms with E-state index in [1.165, 1.54) is 13.2 Å². The lowest BCUT2D eigenvalue weighted by atomic mass is 10.1. The first-order valence-electron chi connectivity index (χ1n) is 6.05. The molecule has 0 radical (unpaired) electrons. The van der Waals surface area contributed by atoms with Crippen molar-refractivity contribution in [1.82, 2.24) is 15.2 Å². The summed E-state index contributed by atoms with van der Waals surface area (Å²) in [6.07, 6.45) is 0.378. The smallest absolute Gasteiger partial charge is 0.376 e. The van der Waals surface area contributed by atoms with Gasteiger partial charge in [-0.2, -0.15) is 0 Å². The third-order valence-corrected chi connectivity index (χ3v) is 2.59. The maximum absolute atomic E-state index is 13.3. The molecule has 1 aromatic carbocycles. The number of nitrogens with one attached hydrogen (secondary N) is 1. The van der Waals surface area contributed by atoms with Crippen LogP contribution in [0.2, 0.25) is 0 Å². The zero-order valence-electron chi connectivity index (χ0n) is 11.1. The fourth-order valence-electron chi connectivity index (χ4n) is 1.68. The minimum absolute atomic E-state index is 0.0518. The molecule has 0 unspecified atom stereocenters. The maximum atomic E-state index is 13.3. The summed E-state index contributed by atoms with van der Waals surface area (Å²) in [6, 6.07) is 4.50. The highest BCUT2D eigenvalue weighted by atomic mass is 19.1. The molecule has 20 heavy (non-hydrogen) atoms. The van der Waals surface area contributed by atoms with Gasteiger partial charge in [0.2, 0.25) is 5.82 Å². The molecule has 1 heterocycles. The van der Waals surface area contributed by atoms with E-state index in [1.807, 2.05) is 0 Å². The summed E-state index contributed by atoms with van der Waals surface area (Å²) in [4.78, 5) is 14.2. The molecule has 0 saturated carbocycles. The van der Waals surface area contributed by atoms with Crippen molar-refractivity contribution in [2.75, 3.05) is 13.7 Å². The van der Waals surface area contributed by atoms with Crippen LogP contribution in [0.15, 0.2) is 18.2 Å². The number of carbonyl (C=O) groups excluding carboxylic acids is 1. The second-order valence-electron chi connectivity index (χ2n) is 3.99. The van der Waals surface area contributed by atoms with Crippen molar-refractivity contribution in [3.05, 3.63) is 41.2 Å². The van der Waals surface area contributed by atoms with Gasteiger partial charge in [-0.25, -0.2) is 9.18 Å². The first-order chi connectivity index (χ1) is 9.63. The number of benzene rings is 1. The fourth-order valence-corrected chi connectivity index (χ4v) is 1.68. The van der Waals surface area contributed by atoms with Crippen LogP contribution in [-0.4, -0.2) is 34.9 Å². The van der Waals surface area contributed by atoms with Gasteiger partial charge in [-0.15, -0.1) is 10.2 Å². The molecular weight excluding hydrogens is 265 g/mol. The van der Waals surface area contributed by atoms with Crippen LogP contribution < -0.4 is 4.74 Å². The van der Waals surface area contributed by atoms with Gasteiger partial charge in [-0.1, -0.05) is 6.07 Å². The van der Waals surface area contributed by atoms with Crippen LogP contribution in [0.5, 0.6) is 5.75 Å². The van der Waals surface area contributed by atoms with Gasteiger partial charge in [-0.05, 0) is 24.6 Å². The molecule has 0 atom stereocenters. The van der Waals surface area contributed by atoms with E-state index in [0.29, 0.717) is 12.2 Å². The summed E-state index contributed by atoms with van der Waals surface area (Å²) in [5, 5.41) is 7.56. The highest BCUT2D eigenvalue weighted by Crippen LogP contribution is 2.19. The van der Waals surface area contributed by atoms with Gasteiger partial charge in [0.25, 0.3) is 0 Å². The summed E-state index contributed by atoms with van der Waals surface area (Å²) >= 11 is 0. The molecule has 0 fully saturated rings. The van der Waals surface area contributed by atoms with Gasteiger partial charge in [-0.3, -0.25) is 0 Å². The molecular formula is C13H14FN3O3. The Hall–Kier alpha value is -2.44. The number of aromatic amines is 1. The minimum atomic E-state index is -0.553. The van der Waals surface area contributed by atoms with Gasteiger partial charge >= 0.3 is 5.97 Å². The Labute approximate surface area is 114 Å². The number of rotatable bonds is 5. The topological polar surface area (TPSA) is 77.1 Å². The number of carbonyl (C=O) groups is 1. The van der Waals surface area contributed by atoms with Gasteiger partial charge in [0.15, 0.2) is 11.6 Å². The largest absolute Gasteiger partial charge is 0.494 e. The van der Waals surface area contributed by atoms with Crippen LogP contribution >= 0.6 is 0 Å². The normalized spacial score (nSPS) is 10.3. The number of halogens is 1. The summed E-state index contributed by atoms with van der Waals surface area (Å²) in [6.45, 7) is 1.98. The first kappa shape index (κ1) is 14.0. The molecule has 0 spiro atoms. The number of nitrogens with zero attached hydrogens (tertiary/aromatic N) is 2.